The van der Waals surface area contributed by atoms with Gasteiger partial charge in [-0.3, -0.25) is 4.68 Å². The maximum Gasteiger partial charge on any atom is 0.243 e. The smallest absolute Gasteiger partial charge is 0.243 e. The minimum absolute atomic E-state index is 0.111. The van der Waals surface area contributed by atoms with Gasteiger partial charge in [0.1, 0.15) is 4.90 Å². The minimum Gasteiger partial charge on any atom is -0.274 e. The minimum atomic E-state index is -3.61. The molecule has 0 aliphatic rings. The van der Waals surface area contributed by atoms with Gasteiger partial charge in [-0.2, -0.15) is 10.2 Å². The van der Waals surface area contributed by atoms with Crippen molar-refractivity contribution < 1.29 is 8.42 Å². The summed E-state index contributed by atoms with van der Waals surface area (Å²) in [7, 11) is -1.95. The highest BCUT2D eigenvalue weighted by atomic mass is 32.2. The molecule has 0 saturated heterocycles. The molecule has 0 saturated carbocycles. The van der Waals surface area contributed by atoms with Crippen LogP contribution in [0.2, 0.25) is 0 Å². The average Bonchev–Trinajstić information content (AvgIpc) is 3.17. The van der Waals surface area contributed by atoms with Gasteiger partial charge in [-0.15, -0.1) is 0 Å². The molecule has 3 aromatic rings. The Labute approximate surface area is 127 Å². The third kappa shape index (κ3) is 2.90. The van der Waals surface area contributed by atoms with Gasteiger partial charge in [-0.05, 0) is 12.1 Å². The molecule has 0 aliphatic carbocycles. The summed E-state index contributed by atoms with van der Waals surface area (Å²) >= 11 is 0. The lowest BCUT2D eigenvalue weighted by Gasteiger charge is -2.09. The fraction of sp³-hybridized carbons (Fsp3) is 0.154. The molecule has 3 aromatic heterocycles. The molecule has 0 aromatic carbocycles. The Kier molecular flexibility index (Phi) is 3.73. The van der Waals surface area contributed by atoms with Crippen molar-refractivity contribution in [3.8, 4) is 5.82 Å². The topological polar surface area (TPSA) is 94.7 Å². The first kappa shape index (κ1) is 14.4. The zero-order valence-electron chi connectivity index (χ0n) is 11.8. The fourth-order valence-corrected chi connectivity index (χ4v) is 2.95. The van der Waals surface area contributed by atoms with E-state index in [2.05, 4.69) is 19.9 Å². The van der Waals surface area contributed by atoms with E-state index >= 15 is 0 Å². The second kappa shape index (κ2) is 5.70. The molecule has 0 aliphatic heterocycles. The Balaban J connectivity index is 1.83. The molecule has 22 heavy (non-hydrogen) atoms. The Morgan fingerprint density at radius 1 is 1.23 bits per heavy atom. The van der Waals surface area contributed by atoms with E-state index in [0.29, 0.717) is 5.82 Å². The van der Waals surface area contributed by atoms with Gasteiger partial charge >= 0.3 is 0 Å². The van der Waals surface area contributed by atoms with Crippen LogP contribution in [0.5, 0.6) is 0 Å². The number of nitrogens with zero attached hydrogens (tertiary/aromatic N) is 5. The summed E-state index contributed by atoms with van der Waals surface area (Å²) in [5.41, 5.74) is 0.721. The molecule has 0 unspecified atom stereocenters. The van der Waals surface area contributed by atoms with Gasteiger partial charge in [0.2, 0.25) is 10.0 Å². The normalized spacial score (nSPS) is 11.7. The number of sulfonamides is 1. The van der Waals surface area contributed by atoms with Crippen LogP contribution in [0.15, 0.2) is 54.1 Å². The van der Waals surface area contributed by atoms with Crippen LogP contribution in [0.4, 0.5) is 0 Å². The third-order valence-electron chi connectivity index (χ3n) is 3.03. The molecule has 9 heteroatoms. The van der Waals surface area contributed by atoms with Crippen LogP contribution in [-0.4, -0.2) is 33.0 Å². The van der Waals surface area contributed by atoms with E-state index in [-0.39, 0.29) is 11.4 Å². The van der Waals surface area contributed by atoms with Crippen molar-refractivity contribution >= 4 is 10.0 Å². The largest absolute Gasteiger partial charge is 0.274 e. The second-order valence-corrected chi connectivity index (χ2v) is 6.38. The lowest BCUT2D eigenvalue weighted by Crippen LogP contribution is -2.24. The van der Waals surface area contributed by atoms with Crippen LogP contribution >= 0.6 is 0 Å². The Morgan fingerprint density at radius 3 is 2.77 bits per heavy atom. The molecule has 8 nitrogen and oxygen atoms in total. The van der Waals surface area contributed by atoms with Crippen molar-refractivity contribution in [2.45, 2.75) is 11.4 Å². The first-order valence-electron chi connectivity index (χ1n) is 6.48. The van der Waals surface area contributed by atoms with Gasteiger partial charge < -0.3 is 0 Å². The van der Waals surface area contributed by atoms with Crippen LogP contribution < -0.4 is 4.72 Å². The first-order valence-corrected chi connectivity index (χ1v) is 7.97. The highest BCUT2D eigenvalue weighted by Crippen LogP contribution is 2.12. The van der Waals surface area contributed by atoms with E-state index in [1.54, 1.807) is 48.5 Å². The highest BCUT2D eigenvalue weighted by Gasteiger charge is 2.17. The first-order chi connectivity index (χ1) is 10.6. The van der Waals surface area contributed by atoms with Gasteiger partial charge in [0.25, 0.3) is 0 Å². The van der Waals surface area contributed by atoms with Crippen molar-refractivity contribution in [1.82, 2.24) is 29.3 Å². The summed E-state index contributed by atoms with van der Waals surface area (Å²) in [6.45, 7) is 0.111. The van der Waals surface area contributed by atoms with Crippen molar-refractivity contribution in [1.29, 1.82) is 0 Å². The molecule has 0 radical (unpaired) electrons. The van der Waals surface area contributed by atoms with Crippen LogP contribution in [0.1, 0.15) is 5.56 Å². The van der Waals surface area contributed by atoms with Gasteiger partial charge in [-0.1, -0.05) is 6.07 Å². The Morgan fingerprint density at radius 2 is 2.09 bits per heavy atom. The van der Waals surface area contributed by atoms with Crippen molar-refractivity contribution in [3.63, 3.8) is 0 Å². The van der Waals surface area contributed by atoms with E-state index in [1.165, 1.54) is 17.1 Å². The zero-order chi connectivity index (χ0) is 15.6. The molecule has 1 N–H and O–H groups in total. The average molecular weight is 318 g/mol. The zero-order valence-corrected chi connectivity index (χ0v) is 12.6. The lowest BCUT2D eigenvalue weighted by atomic mass is 10.2. The Bertz CT molecular complexity index is 870. The Hall–Kier alpha value is -2.52. The van der Waals surface area contributed by atoms with Crippen molar-refractivity contribution in [2.24, 2.45) is 7.05 Å². The predicted octanol–water partition coefficient (Wildman–Crippen LogP) is 0.479. The number of pyridine rings is 1. The van der Waals surface area contributed by atoms with E-state index in [9.17, 15) is 8.42 Å². The van der Waals surface area contributed by atoms with Gasteiger partial charge in [0.15, 0.2) is 5.82 Å². The van der Waals surface area contributed by atoms with Crippen LogP contribution in [-0.2, 0) is 23.6 Å². The van der Waals surface area contributed by atoms with Crippen LogP contribution in [0.25, 0.3) is 5.82 Å². The molecule has 3 rings (SSSR count). The number of hydrogen-bond donors (Lipinski definition) is 1. The molecule has 3 heterocycles. The molecular weight excluding hydrogens is 304 g/mol. The third-order valence-corrected chi connectivity index (χ3v) is 4.39. The van der Waals surface area contributed by atoms with Gasteiger partial charge in [0, 0.05) is 43.9 Å². The summed E-state index contributed by atoms with van der Waals surface area (Å²) < 4.78 is 30.0. The van der Waals surface area contributed by atoms with Crippen LogP contribution in [0.3, 0.4) is 0 Å². The maximum absolute atomic E-state index is 12.2. The SMILES string of the molecule is Cn1cc(S(=O)(=O)NCc2cccnc2-n2cccn2)cn1. The molecule has 0 amide bonds. The summed E-state index contributed by atoms with van der Waals surface area (Å²) in [6, 6.07) is 5.33. The molecule has 0 atom stereocenters. The summed E-state index contributed by atoms with van der Waals surface area (Å²) in [5.74, 6) is 0.585. The van der Waals surface area contributed by atoms with Gasteiger partial charge in [-0.25, -0.2) is 22.8 Å². The monoisotopic (exact) mass is 318 g/mol. The summed E-state index contributed by atoms with van der Waals surface area (Å²) in [4.78, 5) is 4.37. The summed E-state index contributed by atoms with van der Waals surface area (Å²) in [5, 5.41) is 7.98. The van der Waals surface area contributed by atoms with Gasteiger partial charge in [0.05, 0.1) is 6.20 Å². The maximum atomic E-state index is 12.2. The number of rotatable bonds is 5. The predicted molar refractivity (Wildman–Crippen MR) is 78.6 cm³/mol. The fourth-order valence-electron chi connectivity index (χ4n) is 1.96. The number of nitrogens with one attached hydrogen (secondary N) is 1. The van der Waals surface area contributed by atoms with E-state index in [0.717, 1.165) is 5.56 Å². The van der Waals surface area contributed by atoms with Crippen molar-refractivity contribution in [3.05, 3.63) is 54.7 Å². The quantitative estimate of drug-likeness (QED) is 0.738. The molecule has 0 fully saturated rings. The molecular formula is C13H14N6O2S. The number of hydrogen-bond acceptors (Lipinski definition) is 5. The van der Waals surface area contributed by atoms with Crippen molar-refractivity contribution in [2.75, 3.05) is 0 Å². The second-order valence-electron chi connectivity index (χ2n) is 4.61. The number of aromatic nitrogens is 5. The standard InChI is InChI=1S/C13H14N6O2S/c1-18-10-12(9-16-18)22(20,21)17-8-11-4-2-5-14-13(11)19-7-3-6-15-19/h2-7,9-10,17H,8H2,1H3. The molecule has 0 spiro atoms. The molecule has 0 bridgehead atoms. The highest BCUT2D eigenvalue weighted by molar-refractivity contribution is 7.89. The lowest BCUT2D eigenvalue weighted by molar-refractivity contribution is 0.580. The van der Waals surface area contributed by atoms with Crippen LogP contribution in [0, 0.1) is 0 Å². The number of aryl methyl sites for hydroxylation is 1. The van der Waals surface area contributed by atoms with E-state index in [1.807, 2.05) is 0 Å². The summed E-state index contributed by atoms with van der Waals surface area (Å²) in [6.07, 6.45) is 7.77. The molecule has 114 valence electrons. The van der Waals surface area contributed by atoms with E-state index < -0.39 is 10.0 Å². The van der Waals surface area contributed by atoms with E-state index in [4.69, 9.17) is 0 Å².